The molecule has 1 aliphatic heterocycles. The number of hydrogen-bond acceptors (Lipinski definition) is 3. The predicted octanol–water partition coefficient (Wildman–Crippen LogP) is 4.02. The molecule has 1 atom stereocenters. The van der Waals surface area contributed by atoms with Crippen LogP contribution in [0.1, 0.15) is 58.2 Å². The molecule has 0 aromatic carbocycles. The molecule has 2 heterocycles. The Morgan fingerprint density at radius 1 is 1.39 bits per heavy atom. The second-order valence-corrected chi connectivity index (χ2v) is 5.70. The maximum absolute atomic E-state index is 6.13. The topological polar surface area (TPSA) is 29.0 Å². The fourth-order valence-corrected chi connectivity index (χ4v) is 2.74. The van der Waals surface area contributed by atoms with Crippen molar-refractivity contribution in [2.24, 2.45) is 0 Å². The standard InChI is InChI=1S/C14H22ClN3/c1-4-11-7-5-6-8-18(11)13-9-12(15)16-14(17-13)10(2)3/h9-11H,4-8H2,1-3H3. The van der Waals surface area contributed by atoms with E-state index < -0.39 is 0 Å². The van der Waals surface area contributed by atoms with Crippen molar-refractivity contribution in [2.45, 2.75) is 58.4 Å². The largest absolute Gasteiger partial charge is 0.353 e. The zero-order valence-corrected chi connectivity index (χ0v) is 12.2. The smallest absolute Gasteiger partial charge is 0.135 e. The highest BCUT2D eigenvalue weighted by molar-refractivity contribution is 6.29. The van der Waals surface area contributed by atoms with Crippen LogP contribution in [0, 0.1) is 0 Å². The van der Waals surface area contributed by atoms with Crippen LogP contribution in [0.25, 0.3) is 0 Å². The van der Waals surface area contributed by atoms with Crippen molar-refractivity contribution in [3.05, 3.63) is 17.0 Å². The van der Waals surface area contributed by atoms with Gasteiger partial charge in [-0.05, 0) is 25.7 Å². The van der Waals surface area contributed by atoms with Crippen LogP contribution >= 0.6 is 11.6 Å². The predicted molar refractivity (Wildman–Crippen MR) is 76.4 cm³/mol. The first-order valence-electron chi connectivity index (χ1n) is 6.93. The van der Waals surface area contributed by atoms with Gasteiger partial charge in [0.25, 0.3) is 0 Å². The lowest BCUT2D eigenvalue weighted by atomic mass is 10.00. The molecule has 1 saturated heterocycles. The third kappa shape index (κ3) is 2.94. The zero-order valence-electron chi connectivity index (χ0n) is 11.5. The lowest BCUT2D eigenvalue weighted by molar-refractivity contribution is 0.446. The fraction of sp³-hybridized carbons (Fsp3) is 0.714. The Kier molecular flexibility index (Phi) is 4.44. The molecule has 3 nitrogen and oxygen atoms in total. The number of halogens is 1. The first-order chi connectivity index (χ1) is 8.61. The van der Waals surface area contributed by atoms with E-state index in [1.165, 1.54) is 25.7 Å². The van der Waals surface area contributed by atoms with Gasteiger partial charge in [-0.15, -0.1) is 0 Å². The fourth-order valence-electron chi connectivity index (χ4n) is 2.55. The van der Waals surface area contributed by atoms with Gasteiger partial charge in [0.1, 0.15) is 16.8 Å². The van der Waals surface area contributed by atoms with Gasteiger partial charge in [-0.1, -0.05) is 32.4 Å². The maximum Gasteiger partial charge on any atom is 0.135 e. The van der Waals surface area contributed by atoms with Gasteiger partial charge in [0, 0.05) is 24.6 Å². The summed E-state index contributed by atoms with van der Waals surface area (Å²) in [5.41, 5.74) is 0. The lowest BCUT2D eigenvalue weighted by Crippen LogP contribution is -2.39. The number of piperidine rings is 1. The normalized spacial score (nSPS) is 20.5. The van der Waals surface area contributed by atoms with Gasteiger partial charge >= 0.3 is 0 Å². The molecule has 0 N–H and O–H groups in total. The maximum atomic E-state index is 6.13. The lowest BCUT2D eigenvalue weighted by Gasteiger charge is -2.36. The van der Waals surface area contributed by atoms with Crippen molar-refractivity contribution < 1.29 is 0 Å². The van der Waals surface area contributed by atoms with E-state index in [1.807, 2.05) is 6.07 Å². The van der Waals surface area contributed by atoms with Crippen molar-refractivity contribution in [3.8, 4) is 0 Å². The van der Waals surface area contributed by atoms with Crippen molar-refractivity contribution in [1.29, 1.82) is 0 Å². The van der Waals surface area contributed by atoms with Gasteiger partial charge in [0.2, 0.25) is 0 Å². The van der Waals surface area contributed by atoms with E-state index in [9.17, 15) is 0 Å². The van der Waals surface area contributed by atoms with E-state index >= 15 is 0 Å². The summed E-state index contributed by atoms with van der Waals surface area (Å²) in [6.45, 7) is 7.53. The average Bonchev–Trinajstić information content (AvgIpc) is 2.38. The van der Waals surface area contributed by atoms with Crippen molar-refractivity contribution in [2.75, 3.05) is 11.4 Å². The Morgan fingerprint density at radius 2 is 2.17 bits per heavy atom. The summed E-state index contributed by atoms with van der Waals surface area (Å²) in [6.07, 6.45) is 4.99. The molecule has 18 heavy (non-hydrogen) atoms. The second kappa shape index (κ2) is 5.87. The summed E-state index contributed by atoms with van der Waals surface area (Å²) in [7, 11) is 0. The molecule has 4 heteroatoms. The molecule has 1 aromatic rings. The summed E-state index contributed by atoms with van der Waals surface area (Å²) >= 11 is 6.13. The molecular weight excluding hydrogens is 246 g/mol. The summed E-state index contributed by atoms with van der Waals surface area (Å²) in [4.78, 5) is 11.4. The van der Waals surface area contributed by atoms with Crippen LogP contribution in [0.3, 0.4) is 0 Å². The molecule has 1 aromatic heterocycles. The van der Waals surface area contributed by atoms with Gasteiger partial charge in [0.05, 0.1) is 0 Å². The number of rotatable bonds is 3. The van der Waals surface area contributed by atoms with Crippen LogP contribution in [0.2, 0.25) is 5.15 Å². The monoisotopic (exact) mass is 267 g/mol. The number of hydrogen-bond donors (Lipinski definition) is 0. The minimum absolute atomic E-state index is 0.312. The van der Waals surface area contributed by atoms with Crippen molar-refractivity contribution in [3.63, 3.8) is 0 Å². The Morgan fingerprint density at radius 3 is 2.83 bits per heavy atom. The van der Waals surface area contributed by atoms with E-state index in [1.54, 1.807) is 0 Å². The van der Waals surface area contributed by atoms with Crippen LogP contribution in [0.15, 0.2) is 6.07 Å². The van der Waals surface area contributed by atoms with Crippen LogP contribution in [0.5, 0.6) is 0 Å². The summed E-state index contributed by atoms with van der Waals surface area (Å²) < 4.78 is 0. The molecule has 0 saturated carbocycles. The molecular formula is C14H22ClN3. The summed E-state index contributed by atoms with van der Waals surface area (Å²) in [5.74, 6) is 2.16. The van der Waals surface area contributed by atoms with Gasteiger partial charge in [-0.2, -0.15) is 0 Å². The summed E-state index contributed by atoms with van der Waals surface area (Å²) in [6, 6.07) is 2.51. The molecule has 1 unspecified atom stereocenters. The Hall–Kier alpha value is -0.830. The SMILES string of the molecule is CCC1CCCCN1c1cc(Cl)nc(C(C)C)n1. The van der Waals surface area contributed by atoms with E-state index in [0.717, 1.165) is 18.2 Å². The highest BCUT2D eigenvalue weighted by Gasteiger charge is 2.23. The first kappa shape index (κ1) is 13.6. The minimum atomic E-state index is 0.312. The van der Waals surface area contributed by atoms with Gasteiger partial charge in [0.15, 0.2) is 0 Å². The number of aromatic nitrogens is 2. The molecule has 1 aliphatic rings. The first-order valence-corrected chi connectivity index (χ1v) is 7.30. The van der Waals surface area contributed by atoms with Gasteiger partial charge in [-0.25, -0.2) is 9.97 Å². The number of nitrogens with zero attached hydrogens (tertiary/aromatic N) is 3. The van der Waals surface area contributed by atoms with Crippen molar-refractivity contribution in [1.82, 2.24) is 9.97 Å². The quantitative estimate of drug-likeness (QED) is 0.775. The van der Waals surface area contributed by atoms with Crippen LogP contribution in [-0.4, -0.2) is 22.6 Å². The van der Waals surface area contributed by atoms with Crippen LogP contribution in [0.4, 0.5) is 5.82 Å². The molecule has 1 fully saturated rings. The Labute approximate surface area is 115 Å². The van der Waals surface area contributed by atoms with Gasteiger partial charge < -0.3 is 4.90 Å². The molecule has 0 amide bonds. The number of anilines is 1. The van der Waals surface area contributed by atoms with Crippen LogP contribution < -0.4 is 4.90 Å². The highest BCUT2D eigenvalue weighted by atomic mass is 35.5. The average molecular weight is 268 g/mol. The van der Waals surface area contributed by atoms with Crippen molar-refractivity contribution >= 4 is 17.4 Å². The van der Waals surface area contributed by atoms with E-state index in [-0.39, 0.29) is 0 Å². The molecule has 100 valence electrons. The summed E-state index contributed by atoms with van der Waals surface area (Å²) in [5, 5.41) is 0.559. The third-order valence-corrected chi connectivity index (χ3v) is 3.80. The minimum Gasteiger partial charge on any atom is -0.353 e. The molecule has 0 bridgehead atoms. The van der Waals surface area contributed by atoms with E-state index in [0.29, 0.717) is 17.1 Å². The molecule has 0 aliphatic carbocycles. The zero-order chi connectivity index (χ0) is 13.1. The van der Waals surface area contributed by atoms with E-state index in [2.05, 4.69) is 35.6 Å². The van der Waals surface area contributed by atoms with Crippen LogP contribution in [-0.2, 0) is 0 Å². The van der Waals surface area contributed by atoms with E-state index in [4.69, 9.17) is 11.6 Å². The molecule has 2 rings (SSSR count). The molecule has 0 spiro atoms. The third-order valence-electron chi connectivity index (χ3n) is 3.61. The highest BCUT2D eigenvalue weighted by Crippen LogP contribution is 2.27. The Balaban J connectivity index is 2.30. The van der Waals surface area contributed by atoms with Gasteiger partial charge in [-0.3, -0.25) is 0 Å². The molecule has 0 radical (unpaired) electrons. The second-order valence-electron chi connectivity index (χ2n) is 5.31. The Bertz CT molecular complexity index is 406.